The SMILES string of the molecule is NC(=O)CS(=O)(=O)NCCc1ccccc1. The summed E-state index contributed by atoms with van der Waals surface area (Å²) in [5, 5.41) is 0. The molecule has 0 saturated carbocycles. The number of amides is 1. The third-order valence-corrected chi connectivity index (χ3v) is 3.22. The molecule has 5 nitrogen and oxygen atoms in total. The normalized spacial score (nSPS) is 11.2. The Bertz CT molecular complexity index is 442. The Balaban J connectivity index is 2.39. The van der Waals surface area contributed by atoms with Gasteiger partial charge in [-0.05, 0) is 12.0 Å². The standard InChI is InChI=1S/C10H14N2O3S/c11-10(13)8-16(14,15)12-7-6-9-4-2-1-3-5-9/h1-5,12H,6-8H2,(H2,11,13). The highest BCUT2D eigenvalue weighted by molar-refractivity contribution is 7.90. The third-order valence-electron chi connectivity index (χ3n) is 1.91. The van der Waals surface area contributed by atoms with Crippen molar-refractivity contribution in [3.05, 3.63) is 35.9 Å². The molecule has 88 valence electrons. The lowest BCUT2D eigenvalue weighted by molar-refractivity contribution is -0.115. The van der Waals surface area contributed by atoms with Gasteiger partial charge in [0.05, 0.1) is 0 Å². The molecule has 1 rings (SSSR count). The van der Waals surface area contributed by atoms with E-state index in [-0.39, 0.29) is 6.54 Å². The lowest BCUT2D eigenvalue weighted by atomic mass is 10.2. The summed E-state index contributed by atoms with van der Waals surface area (Å²) in [6, 6.07) is 9.46. The first-order chi connectivity index (χ1) is 7.49. The molecule has 1 aromatic carbocycles. The van der Waals surface area contributed by atoms with Gasteiger partial charge in [-0.25, -0.2) is 13.1 Å². The van der Waals surface area contributed by atoms with Gasteiger partial charge in [0.15, 0.2) is 0 Å². The molecule has 0 fully saturated rings. The number of nitrogens with one attached hydrogen (secondary N) is 1. The summed E-state index contributed by atoms with van der Waals surface area (Å²) in [7, 11) is -3.58. The number of primary amides is 1. The first-order valence-corrected chi connectivity index (χ1v) is 6.44. The van der Waals surface area contributed by atoms with E-state index in [0.717, 1.165) is 5.56 Å². The van der Waals surface area contributed by atoms with Crippen LogP contribution in [0, 0.1) is 0 Å². The average Bonchev–Trinajstić information content (AvgIpc) is 2.16. The quantitative estimate of drug-likeness (QED) is 0.713. The zero-order valence-electron chi connectivity index (χ0n) is 8.72. The number of carbonyl (C=O) groups excluding carboxylic acids is 1. The van der Waals surface area contributed by atoms with E-state index < -0.39 is 21.7 Å². The fourth-order valence-electron chi connectivity index (χ4n) is 1.23. The Morgan fingerprint density at radius 1 is 1.25 bits per heavy atom. The van der Waals surface area contributed by atoms with Crippen LogP contribution in [-0.4, -0.2) is 26.6 Å². The molecule has 0 spiro atoms. The van der Waals surface area contributed by atoms with Gasteiger partial charge in [0.2, 0.25) is 15.9 Å². The second kappa shape index (κ2) is 5.62. The molecule has 16 heavy (non-hydrogen) atoms. The molecule has 0 saturated heterocycles. The van der Waals surface area contributed by atoms with Crippen LogP contribution in [0.5, 0.6) is 0 Å². The molecule has 0 radical (unpaired) electrons. The summed E-state index contributed by atoms with van der Waals surface area (Å²) >= 11 is 0. The molecule has 0 aliphatic rings. The van der Waals surface area contributed by atoms with Crippen LogP contribution < -0.4 is 10.5 Å². The largest absolute Gasteiger partial charge is 0.369 e. The topological polar surface area (TPSA) is 89.3 Å². The first-order valence-electron chi connectivity index (χ1n) is 4.79. The molecule has 6 heteroatoms. The number of nitrogens with two attached hydrogens (primary N) is 1. The Morgan fingerprint density at radius 2 is 1.88 bits per heavy atom. The highest BCUT2D eigenvalue weighted by Gasteiger charge is 2.12. The monoisotopic (exact) mass is 242 g/mol. The van der Waals surface area contributed by atoms with Crippen molar-refractivity contribution in [3.8, 4) is 0 Å². The summed E-state index contributed by atoms with van der Waals surface area (Å²) < 4.78 is 24.7. The number of hydrogen-bond donors (Lipinski definition) is 2. The van der Waals surface area contributed by atoms with Crippen LogP contribution in [0.1, 0.15) is 5.56 Å². The Morgan fingerprint density at radius 3 is 2.44 bits per heavy atom. The number of sulfonamides is 1. The second-order valence-corrected chi connectivity index (χ2v) is 5.16. The third kappa shape index (κ3) is 4.90. The van der Waals surface area contributed by atoms with Crippen molar-refractivity contribution in [3.63, 3.8) is 0 Å². The molecule has 1 amide bonds. The van der Waals surface area contributed by atoms with E-state index in [0.29, 0.717) is 6.42 Å². The molecule has 0 heterocycles. The van der Waals surface area contributed by atoms with Crippen molar-refractivity contribution in [2.75, 3.05) is 12.3 Å². The van der Waals surface area contributed by atoms with Crippen LogP contribution in [0.3, 0.4) is 0 Å². The molecule has 3 N–H and O–H groups in total. The lowest BCUT2D eigenvalue weighted by Crippen LogP contribution is -2.34. The highest BCUT2D eigenvalue weighted by Crippen LogP contribution is 1.98. The van der Waals surface area contributed by atoms with Crippen molar-refractivity contribution in [2.45, 2.75) is 6.42 Å². The van der Waals surface area contributed by atoms with Gasteiger partial charge in [-0.1, -0.05) is 30.3 Å². The maximum atomic E-state index is 11.2. The van der Waals surface area contributed by atoms with Gasteiger partial charge in [-0.3, -0.25) is 4.79 Å². The van der Waals surface area contributed by atoms with Crippen LogP contribution in [0.25, 0.3) is 0 Å². The van der Waals surface area contributed by atoms with Crippen LogP contribution >= 0.6 is 0 Å². The summed E-state index contributed by atoms with van der Waals surface area (Å²) in [6.07, 6.45) is 0.582. The minimum Gasteiger partial charge on any atom is -0.369 e. The highest BCUT2D eigenvalue weighted by atomic mass is 32.2. The summed E-state index contributed by atoms with van der Waals surface area (Å²) in [6.45, 7) is 0.264. The van der Waals surface area contributed by atoms with Crippen molar-refractivity contribution >= 4 is 15.9 Å². The van der Waals surface area contributed by atoms with Gasteiger partial charge in [0.1, 0.15) is 5.75 Å². The van der Waals surface area contributed by atoms with Crippen LogP contribution in [0.2, 0.25) is 0 Å². The predicted molar refractivity (Wildman–Crippen MR) is 61.1 cm³/mol. The average molecular weight is 242 g/mol. The van der Waals surface area contributed by atoms with Crippen LogP contribution in [0.15, 0.2) is 30.3 Å². The molecule has 0 aliphatic carbocycles. The minimum absolute atomic E-state index is 0.264. The summed E-state index contributed by atoms with van der Waals surface area (Å²) in [4.78, 5) is 10.5. The zero-order chi connectivity index (χ0) is 12.0. The van der Waals surface area contributed by atoms with Crippen molar-refractivity contribution in [1.29, 1.82) is 0 Å². The van der Waals surface area contributed by atoms with E-state index in [1.807, 2.05) is 30.3 Å². The van der Waals surface area contributed by atoms with E-state index in [1.165, 1.54) is 0 Å². The smallest absolute Gasteiger partial charge is 0.234 e. The maximum absolute atomic E-state index is 11.2. The molecule has 0 bridgehead atoms. The Kier molecular flexibility index (Phi) is 4.45. The van der Waals surface area contributed by atoms with E-state index in [4.69, 9.17) is 5.73 Å². The van der Waals surface area contributed by atoms with Gasteiger partial charge in [0, 0.05) is 6.54 Å². The summed E-state index contributed by atoms with van der Waals surface area (Å²) in [5.74, 6) is -1.52. The summed E-state index contributed by atoms with van der Waals surface area (Å²) in [5.41, 5.74) is 5.84. The van der Waals surface area contributed by atoms with E-state index in [1.54, 1.807) is 0 Å². The molecule has 0 aromatic heterocycles. The van der Waals surface area contributed by atoms with Crippen LogP contribution in [0.4, 0.5) is 0 Å². The molecule has 0 unspecified atom stereocenters. The van der Waals surface area contributed by atoms with Crippen molar-refractivity contribution < 1.29 is 13.2 Å². The Hall–Kier alpha value is -1.40. The van der Waals surface area contributed by atoms with Gasteiger partial charge in [-0.15, -0.1) is 0 Å². The van der Waals surface area contributed by atoms with E-state index in [9.17, 15) is 13.2 Å². The number of carbonyl (C=O) groups is 1. The lowest BCUT2D eigenvalue weighted by Gasteiger charge is -2.04. The predicted octanol–water partition coefficient (Wildman–Crippen LogP) is -0.366. The molecule has 0 atom stereocenters. The zero-order valence-corrected chi connectivity index (χ0v) is 9.53. The van der Waals surface area contributed by atoms with Crippen molar-refractivity contribution in [2.24, 2.45) is 5.73 Å². The second-order valence-electron chi connectivity index (χ2n) is 3.36. The minimum atomic E-state index is -3.58. The van der Waals surface area contributed by atoms with Gasteiger partial charge in [0.25, 0.3) is 0 Å². The van der Waals surface area contributed by atoms with Gasteiger partial charge in [-0.2, -0.15) is 0 Å². The molecule has 0 aliphatic heterocycles. The number of hydrogen-bond acceptors (Lipinski definition) is 3. The fraction of sp³-hybridized carbons (Fsp3) is 0.300. The fourth-order valence-corrected chi connectivity index (χ4v) is 2.12. The molecular formula is C10H14N2O3S. The first kappa shape index (κ1) is 12.7. The van der Waals surface area contributed by atoms with Gasteiger partial charge >= 0.3 is 0 Å². The van der Waals surface area contributed by atoms with Crippen molar-refractivity contribution in [1.82, 2.24) is 4.72 Å². The Labute approximate surface area is 94.7 Å². The molecular weight excluding hydrogens is 228 g/mol. The number of rotatable bonds is 6. The van der Waals surface area contributed by atoms with E-state index >= 15 is 0 Å². The maximum Gasteiger partial charge on any atom is 0.234 e. The number of benzene rings is 1. The van der Waals surface area contributed by atoms with Gasteiger partial charge < -0.3 is 5.73 Å². The molecule has 1 aromatic rings. The van der Waals surface area contributed by atoms with E-state index in [2.05, 4.69) is 4.72 Å². The van der Waals surface area contributed by atoms with Crippen LogP contribution in [-0.2, 0) is 21.2 Å².